The minimum atomic E-state index is -0.645. The van der Waals surface area contributed by atoms with Crippen LogP contribution in [0.2, 0.25) is 0 Å². The highest BCUT2D eigenvalue weighted by Crippen LogP contribution is 2.32. The van der Waals surface area contributed by atoms with Crippen LogP contribution in [0.1, 0.15) is 74.1 Å². The lowest BCUT2D eigenvalue weighted by molar-refractivity contribution is -0.00776. The second kappa shape index (κ2) is 11.4. The largest absolute Gasteiger partial charge is 0.444 e. The molecule has 3 atom stereocenters. The van der Waals surface area contributed by atoms with E-state index in [4.69, 9.17) is 21.1 Å². The molecule has 176 valence electrons. The summed E-state index contributed by atoms with van der Waals surface area (Å²) in [4.78, 5) is 28.9. The molecule has 0 heterocycles. The van der Waals surface area contributed by atoms with Gasteiger partial charge >= 0.3 is 12.2 Å². The Labute approximate surface area is 187 Å². The average molecular weight is 449 g/mol. The van der Waals surface area contributed by atoms with E-state index in [9.17, 15) is 14.7 Å². The minimum absolute atomic E-state index is 0.0156. The van der Waals surface area contributed by atoms with E-state index in [1.807, 2.05) is 48.5 Å². The summed E-state index contributed by atoms with van der Waals surface area (Å²) in [7, 11) is 0. The van der Waals surface area contributed by atoms with Gasteiger partial charge in [-0.25, -0.2) is 9.59 Å². The summed E-state index contributed by atoms with van der Waals surface area (Å²) in [6, 6.07) is -0.233. The van der Waals surface area contributed by atoms with Crippen LogP contribution in [0.4, 0.5) is 9.59 Å². The van der Waals surface area contributed by atoms with E-state index >= 15 is 0 Å². The zero-order valence-corrected chi connectivity index (χ0v) is 20.5. The van der Waals surface area contributed by atoms with Crippen LogP contribution in [0.3, 0.4) is 0 Å². The first-order valence-corrected chi connectivity index (χ1v) is 11.4. The van der Waals surface area contributed by atoms with Crippen molar-refractivity contribution in [2.24, 2.45) is 5.92 Å². The Bertz CT molecular complexity index is 559. The van der Waals surface area contributed by atoms with Gasteiger partial charge in [0, 0.05) is 43.6 Å². The van der Waals surface area contributed by atoms with Gasteiger partial charge in [0.2, 0.25) is 0 Å². The van der Waals surface area contributed by atoms with Gasteiger partial charge in [0.1, 0.15) is 11.2 Å². The second-order valence-electron chi connectivity index (χ2n) is 10.1. The molecular formula is C22H41ClN2O5. The molecule has 1 rings (SSSR count). The maximum atomic E-state index is 13.0. The third-order valence-electron chi connectivity index (χ3n) is 4.91. The van der Waals surface area contributed by atoms with Crippen LogP contribution in [0, 0.1) is 5.92 Å². The van der Waals surface area contributed by atoms with Crippen molar-refractivity contribution in [1.82, 2.24) is 9.80 Å². The monoisotopic (exact) mass is 448 g/mol. The fraction of sp³-hybridized carbons (Fsp3) is 0.909. The SMILES string of the molecule is CCCN(CCN(C(=O)OC(C)(C)C)C1CC(Cl)CCC1CO)C(=O)OC(C)(C)C. The molecule has 0 aliphatic heterocycles. The molecule has 8 heteroatoms. The first-order valence-electron chi connectivity index (χ1n) is 11.0. The molecule has 0 radical (unpaired) electrons. The topological polar surface area (TPSA) is 79.3 Å². The molecule has 1 fully saturated rings. The second-order valence-corrected chi connectivity index (χ2v) is 10.7. The molecule has 0 saturated heterocycles. The molecule has 0 spiro atoms. The number of alkyl halides is 1. The van der Waals surface area contributed by atoms with Gasteiger partial charge in [-0.2, -0.15) is 0 Å². The van der Waals surface area contributed by atoms with Crippen molar-refractivity contribution < 1.29 is 24.2 Å². The van der Waals surface area contributed by atoms with Crippen molar-refractivity contribution in [1.29, 1.82) is 0 Å². The number of aliphatic hydroxyl groups is 1. The number of amides is 2. The number of hydrogen-bond acceptors (Lipinski definition) is 5. The third kappa shape index (κ3) is 9.29. The number of carbonyl (C=O) groups is 2. The Hall–Kier alpha value is -1.21. The van der Waals surface area contributed by atoms with E-state index in [2.05, 4.69) is 0 Å². The number of aliphatic hydroxyl groups excluding tert-OH is 1. The van der Waals surface area contributed by atoms with Gasteiger partial charge in [-0.05, 0) is 67.2 Å². The number of ether oxygens (including phenoxy) is 2. The van der Waals surface area contributed by atoms with Crippen molar-refractivity contribution in [2.75, 3.05) is 26.2 Å². The minimum Gasteiger partial charge on any atom is -0.444 e. The van der Waals surface area contributed by atoms with Crippen molar-refractivity contribution in [3.63, 3.8) is 0 Å². The lowest BCUT2D eigenvalue weighted by atomic mass is 9.83. The zero-order chi connectivity index (χ0) is 23.1. The van der Waals surface area contributed by atoms with E-state index in [0.29, 0.717) is 26.1 Å². The van der Waals surface area contributed by atoms with E-state index in [-0.39, 0.29) is 23.9 Å². The summed E-state index contributed by atoms with van der Waals surface area (Å²) in [6.07, 6.45) is 2.08. The average Bonchev–Trinajstić information content (AvgIpc) is 2.58. The van der Waals surface area contributed by atoms with E-state index < -0.39 is 23.4 Å². The molecule has 1 aliphatic carbocycles. The number of hydrogen-bond donors (Lipinski definition) is 1. The Morgan fingerprint density at radius 3 is 2.03 bits per heavy atom. The van der Waals surface area contributed by atoms with Crippen LogP contribution < -0.4 is 0 Å². The number of nitrogens with zero attached hydrogens (tertiary/aromatic N) is 2. The normalized spacial score (nSPS) is 22.4. The zero-order valence-electron chi connectivity index (χ0n) is 19.7. The maximum Gasteiger partial charge on any atom is 0.410 e. The van der Waals surface area contributed by atoms with Crippen LogP contribution >= 0.6 is 11.6 Å². The van der Waals surface area contributed by atoms with Gasteiger partial charge in [0.15, 0.2) is 0 Å². The van der Waals surface area contributed by atoms with Gasteiger partial charge in [-0.1, -0.05) is 6.92 Å². The van der Waals surface area contributed by atoms with E-state index in [1.54, 1.807) is 9.80 Å². The van der Waals surface area contributed by atoms with Crippen molar-refractivity contribution >= 4 is 23.8 Å². The fourth-order valence-electron chi connectivity index (χ4n) is 3.59. The highest BCUT2D eigenvalue weighted by atomic mass is 35.5. The number of rotatable bonds is 7. The van der Waals surface area contributed by atoms with Crippen LogP contribution in [0.15, 0.2) is 0 Å². The third-order valence-corrected chi connectivity index (χ3v) is 5.31. The summed E-state index contributed by atoms with van der Waals surface area (Å²) in [5.74, 6) is -0.0614. The van der Waals surface area contributed by atoms with Crippen LogP contribution in [0.25, 0.3) is 0 Å². The Morgan fingerprint density at radius 2 is 1.53 bits per heavy atom. The molecule has 1 aliphatic rings. The first kappa shape index (κ1) is 26.8. The Balaban J connectivity index is 3.02. The lowest BCUT2D eigenvalue weighted by Gasteiger charge is -2.41. The molecule has 1 saturated carbocycles. The van der Waals surface area contributed by atoms with E-state index in [1.165, 1.54) is 0 Å². The van der Waals surface area contributed by atoms with Gasteiger partial charge in [-0.3, -0.25) is 0 Å². The molecule has 7 nitrogen and oxygen atoms in total. The predicted molar refractivity (Wildman–Crippen MR) is 119 cm³/mol. The van der Waals surface area contributed by atoms with Crippen LogP contribution in [-0.4, -0.2) is 76.0 Å². The highest BCUT2D eigenvalue weighted by molar-refractivity contribution is 6.20. The molecule has 30 heavy (non-hydrogen) atoms. The molecule has 0 aromatic carbocycles. The Kier molecular flexibility index (Phi) is 10.2. The van der Waals surface area contributed by atoms with Gasteiger partial charge < -0.3 is 24.4 Å². The van der Waals surface area contributed by atoms with Gasteiger partial charge in [0.05, 0.1) is 0 Å². The maximum absolute atomic E-state index is 13.0. The van der Waals surface area contributed by atoms with Crippen molar-refractivity contribution in [3.8, 4) is 0 Å². The lowest BCUT2D eigenvalue weighted by Crippen LogP contribution is -2.53. The quantitative estimate of drug-likeness (QED) is 0.574. The molecule has 0 aromatic rings. The van der Waals surface area contributed by atoms with Gasteiger partial charge in [0.25, 0.3) is 0 Å². The van der Waals surface area contributed by atoms with E-state index in [0.717, 1.165) is 19.3 Å². The summed E-state index contributed by atoms with van der Waals surface area (Å²) in [5.41, 5.74) is -1.24. The van der Waals surface area contributed by atoms with Crippen molar-refractivity contribution in [3.05, 3.63) is 0 Å². The highest BCUT2D eigenvalue weighted by Gasteiger charge is 2.38. The Morgan fingerprint density at radius 1 is 0.967 bits per heavy atom. The molecule has 0 aromatic heterocycles. The predicted octanol–water partition coefficient (Wildman–Crippen LogP) is 4.64. The first-order chi connectivity index (χ1) is 13.8. The van der Waals surface area contributed by atoms with Crippen LogP contribution in [0.5, 0.6) is 0 Å². The summed E-state index contributed by atoms with van der Waals surface area (Å²) in [5, 5.41) is 9.83. The fourth-order valence-corrected chi connectivity index (χ4v) is 3.90. The molecular weight excluding hydrogens is 408 g/mol. The molecule has 2 amide bonds. The summed E-state index contributed by atoms with van der Waals surface area (Å²) in [6.45, 7) is 14.1. The molecule has 1 N–H and O–H groups in total. The van der Waals surface area contributed by atoms with Gasteiger partial charge in [-0.15, -0.1) is 11.6 Å². The summed E-state index contributed by atoms with van der Waals surface area (Å²) < 4.78 is 11.2. The number of carbonyl (C=O) groups excluding carboxylic acids is 2. The van der Waals surface area contributed by atoms with Crippen molar-refractivity contribution in [2.45, 2.75) is 96.8 Å². The van der Waals surface area contributed by atoms with Crippen LogP contribution in [-0.2, 0) is 9.47 Å². The standard InChI is InChI=1S/C22H41ClN2O5/c1-8-11-24(19(27)29-21(2,3)4)12-13-25(20(28)30-22(5,6)7)18-14-17(23)10-9-16(18)15-26/h16-18,26H,8-15H2,1-7H3. The summed E-state index contributed by atoms with van der Waals surface area (Å²) >= 11 is 6.41. The number of halogens is 1. The smallest absolute Gasteiger partial charge is 0.410 e. The molecule has 0 bridgehead atoms. The molecule has 3 unspecified atom stereocenters.